The van der Waals surface area contributed by atoms with Gasteiger partial charge in [0.2, 0.25) is 0 Å². The van der Waals surface area contributed by atoms with Crippen LogP contribution in [0.25, 0.3) is 0 Å². The second kappa shape index (κ2) is 5.67. The van der Waals surface area contributed by atoms with Gasteiger partial charge in [0.15, 0.2) is 0 Å². The first-order chi connectivity index (χ1) is 9.11. The Morgan fingerprint density at radius 2 is 2.11 bits per heavy atom. The summed E-state index contributed by atoms with van der Waals surface area (Å²) in [6.45, 7) is 1.81. The fraction of sp³-hybridized carbons (Fsp3) is 0.154. The lowest BCUT2D eigenvalue weighted by Gasteiger charge is -2.09. The van der Waals surface area contributed by atoms with Crippen molar-refractivity contribution in [1.82, 2.24) is 9.97 Å². The lowest BCUT2D eigenvalue weighted by Crippen LogP contribution is -2.16. The van der Waals surface area contributed by atoms with Gasteiger partial charge in [-0.2, -0.15) is 0 Å². The van der Waals surface area contributed by atoms with Crippen LogP contribution >= 0.6 is 11.6 Å². The van der Waals surface area contributed by atoms with Gasteiger partial charge in [-0.05, 0) is 31.2 Å². The molecule has 0 aliphatic rings. The van der Waals surface area contributed by atoms with Gasteiger partial charge in [-0.25, -0.2) is 4.98 Å². The van der Waals surface area contributed by atoms with E-state index >= 15 is 0 Å². The van der Waals surface area contributed by atoms with Gasteiger partial charge in [-0.1, -0.05) is 11.6 Å². The highest BCUT2D eigenvalue weighted by Crippen LogP contribution is 2.19. The molecule has 2 heterocycles. The number of rotatable bonds is 3. The lowest BCUT2D eigenvalue weighted by molar-refractivity contribution is 0.102. The van der Waals surface area contributed by atoms with Crippen LogP contribution in [-0.4, -0.2) is 22.9 Å². The van der Waals surface area contributed by atoms with Crippen LogP contribution in [0.5, 0.6) is 0 Å². The van der Waals surface area contributed by atoms with Crippen LogP contribution in [0.3, 0.4) is 0 Å². The summed E-state index contributed by atoms with van der Waals surface area (Å²) in [4.78, 5) is 20.4. The molecule has 98 valence electrons. The van der Waals surface area contributed by atoms with E-state index in [4.69, 9.17) is 11.6 Å². The molecule has 0 radical (unpaired) electrons. The predicted molar refractivity (Wildman–Crippen MR) is 75.7 cm³/mol. The van der Waals surface area contributed by atoms with Crippen LogP contribution in [-0.2, 0) is 0 Å². The maximum atomic E-state index is 12.1. The summed E-state index contributed by atoms with van der Waals surface area (Å²) in [5.41, 5.74) is 1.55. The van der Waals surface area contributed by atoms with Crippen molar-refractivity contribution >= 4 is 29.0 Å². The van der Waals surface area contributed by atoms with Crippen molar-refractivity contribution < 1.29 is 4.79 Å². The first-order valence-electron chi connectivity index (χ1n) is 5.69. The molecule has 0 atom stereocenters. The van der Waals surface area contributed by atoms with Crippen LogP contribution in [0, 0.1) is 6.92 Å². The first kappa shape index (κ1) is 13.3. The van der Waals surface area contributed by atoms with Gasteiger partial charge in [0.25, 0.3) is 5.91 Å². The number of aryl methyl sites for hydroxylation is 1. The Morgan fingerprint density at radius 3 is 2.79 bits per heavy atom. The molecule has 0 aromatic carbocycles. The summed E-state index contributed by atoms with van der Waals surface area (Å²) < 4.78 is 0. The number of aromatic nitrogens is 2. The second-order valence-corrected chi connectivity index (χ2v) is 4.27. The van der Waals surface area contributed by atoms with E-state index in [1.165, 1.54) is 0 Å². The second-order valence-electron chi connectivity index (χ2n) is 3.87. The average molecular weight is 277 g/mol. The number of hydrogen-bond acceptors (Lipinski definition) is 4. The number of halogens is 1. The molecule has 6 heteroatoms. The minimum atomic E-state index is -0.363. The fourth-order valence-electron chi connectivity index (χ4n) is 1.54. The number of anilines is 2. The average Bonchev–Trinajstić information content (AvgIpc) is 2.42. The minimum absolute atomic E-state index is 0.178. The van der Waals surface area contributed by atoms with Gasteiger partial charge in [0, 0.05) is 13.2 Å². The summed E-state index contributed by atoms with van der Waals surface area (Å²) in [7, 11) is 1.73. The molecule has 0 unspecified atom stereocenters. The van der Waals surface area contributed by atoms with Crippen molar-refractivity contribution in [3.8, 4) is 0 Å². The molecule has 0 aliphatic carbocycles. The van der Waals surface area contributed by atoms with Gasteiger partial charge in [0.05, 0.1) is 16.4 Å². The number of hydrogen-bond donors (Lipinski definition) is 2. The summed E-state index contributed by atoms with van der Waals surface area (Å²) in [5.74, 6) is 0.218. The molecule has 2 aromatic heterocycles. The van der Waals surface area contributed by atoms with E-state index in [1.807, 2.05) is 6.92 Å². The van der Waals surface area contributed by atoms with Crippen molar-refractivity contribution in [3.05, 3.63) is 46.9 Å². The number of nitrogens with one attached hydrogen (secondary N) is 2. The molecule has 0 saturated heterocycles. The predicted octanol–water partition coefficient (Wildman–Crippen LogP) is 2.73. The Balaban J connectivity index is 2.28. The maximum absolute atomic E-state index is 12.1. The first-order valence-corrected chi connectivity index (χ1v) is 6.07. The number of carbonyl (C=O) groups is 1. The topological polar surface area (TPSA) is 66.9 Å². The SMILES string of the molecule is CNc1ccc(Cl)c(C(=O)Nc2cccnc2C)n1. The molecule has 0 saturated carbocycles. The molecule has 2 aromatic rings. The number of pyridine rings is 2. The molecular weight excluding hydrogens is 264 g/mol. The Kier molecular flexibility index (Phi) is 3.97. The molecule has 5 nitrogen and oxygen atoms in total. The van der Waals surface area contributed by atoms with Crippen molar-refractivity contribution in [2.24, 2.45) is 0 Å². The molecule has 2 N–H and O–H groups in total. The highest BCUT2D eigenvalue weighted by molar-refractivity contribution is 6.34. The van der Waals surface area contributed by atoms with E-state index in [0.717, 1.165) is 5.69 Å². The molecule has 2 rings (SSSR count). The van der Waals surface area contributed by atoms with Gasteiger partial charge in [0.1, 0.15) is 11.5 Å². The zero-order valence-corrected chi connectivity index (χ0v) is 11.3. The Bertz CT molecular complexity index is 615. The van der Waals surface area contributed by atoms with Crippen molar-refractivity contribution in [2.45, 2.75) is 6.92 Å². The molecule has 1 amide bonds. The van der Waals surface area contributed by atoms with Crippen LogP contribution in [0.15, 0.2) is 30.5 Å². The smallest absolute Gasteiger partial charge is 0.275 e. The van der Waals surface area contributed by atoms with Crippen LogP contribution in [0.2, 0.25) is 5.02 Å². The third kappa shape index (κ3) is 3.00. The number of amides is 1. The lowest BCUT2D eigenvalue weighted by atomic mass is 10.3. The van der Waals surface area contributed by atoms with Crippen LogP contribution < -0.4 is 10.6 Å². The van der Waals surface area contributed by atoms with Gasteiger partial charge < -0.3 is 10.6 Å². The minimum Gasteiger partial charge on any atom is -0.373 e. The van der Waals surface area contributed by atoms with E-state index in [9.17, 15) is 4.79 Å². The molecule has 0 aliphatic heterocycles. The summed E-state index contributed by atoms with van der Waals surface area (Å²) in [6.07, 6.45) is 1.66. The Hall–Kier alpha value is -2.14. The molecule has 19 heavy (non-hydrogen) atoms. The van der Waals surface area contributed by atoms with Gasteiger partial charge in [-0.3, -0.25) is 9.78 Å². The monoisotopic (exact) mass is 276 g/mol. The highest BCUT2D eigenvalue weighted by Gasteiger charge is 2.14. The number of nitrogens with zero attached hydrogens (tertiary/aromatic N) is 2. The zero-order valence-electron chi connectivity index (χ0n) is 10.6. The van der Waals surface area contributed by atoms with Crippen LogP contribution in [0.1, 0.15) is 16.2 Å². The maximum Gasteiger partial charge on any atom is 0.275 e. The normalized spacial score (nSPS) is 10.1. The largest absolute Gasteiger partial charge is 0.373 e. The molecule has 0 bridgehead atoms. The van der Waals surface area contributed by atoms with Crippen molar-refractivity contribution in [1.29, 1.82) is 0 Å². The van der Waals surface area contributed by atoms with Gasteiger partial charge >= 0.3 is 0 Å². The molecule has 0 fully saturated rings. The summed E-state index contributed by atoms with van der Waals surface area (Å²) in [6, 6.07) is 6.86. The third-order valence-corrected chi connectivity index (χ3v) is 2.88. The Morgan fingerprint density at radius 1 is 1.32 bits per heavy atom. The molecular formula is C13H13ClN4O. The van der Waals surface area contributed by atoms with Crippen molar-refractivity contribution in [2.75, 3.05) is 17.7 Å². The van der Waals surface area contributed by atoms with Crippen molar-refractivity contribution in [3.63, 3.8) is 0 Å². The standard InChI is InChI=1S/C13H13ClN4O/c1-8-10(4-3-7-16-8)17-13(19)12-9(14)5-6-11(15-2)18-12/h3-7H,1-2H3,(H,15,18)(H,17,19). The summed E-state index contributed by atoms with van der Waals surface area (Å²) in [5, 5.41) is 5.91. The van der Waals surface area contributed by atoms with Crippen LogP contribution in [0.4, 0.5) is 11.5 Å². The van der Waals surface area contributed by atoms with E-state index in [-0.39, 0.29) is 11.6 Å². The Labute approximate surface area is 116 Å². The zero-order chi connectivity index (χ0) is 13.8. The van der Waals surface area contributed by atoms with Gasteiger partial charge in [-0.15, -0.1) is 0 Å². The number of carbonyl (C=O) groups excluding carboxylic acids is 1. The highest BCUT2D eigenvalue weighted by atomic mass is 35.5. The molecule has 0 spiro atoms. The van der Waals surface area contributed by atoms with E-state index in [0.29, 0.717) is 16.5 Å². The summed E-state index contributed by atoms with van der Waals surface area (Å²) >= 11 is 5.99. The third-order valence-electron chi connectivity index (χ3n) is 2.57. The van der Waals surface area contributed by atoms with E-state index in [1.54, 1.807) is 37.5 Å². The van der Waals surface area contributed by atoms with E-state index in [2.05, 4.69) is 20.6 Å². The fourth-order valence-corrected chi connectivity index (χ4v) is 1.73. The quantitative estimate of drug-likeness (QED) is 0.905. The van der Waals surface area contributed by atoms with E-state index < -0.39 is 0 Å².